The van der Waals surface area contributed by atoms with Crippen molar-refractivity contribution in [1.29, 1.82) is 0 Å². The van der Waals surface area contributed by atoms with Crippen LogP contribution in [-0.4, -0.2) is 46.8 Å². The third-order valence-electron chi connectivity index (χ3n) is 2.79. The minimum absolute atomic E-state index is 0.231. The summed E-state index contributed by atoms with van der Waals surface area (Å²) in [4.78, 5) is 23.8. The van der Waals surface area contributed by atoms with E-state index < -0.39 is 42.7 Å². The second-order valence-electron chi connectivity index (χ2n) is 5.55. The van der Waals surface area contributed by atoms with E-state index in [1.807, 2.05) is 6.92 Å². The molecule has 12 heteroatoms. The lowest BCUT2D eigenvalue weighted by Gasteiger charge is -2.23. The molecule has 0 bridgehead atoms. The molecule has 1 aromatic heterocycles. The minimum Gasteiger partial charge on any atom is -0.459 e. The lowest BCUT2D eigenvalue weighted by atomic mass is 9.89. The summed E-state index contributed by atoms with van der Waals surface area (Å²) in [7, 11) is 0. The van der Waals surface area contributed by atoms with Crippen LogP contribution >= 0.6 is 23.1 Å². The summed E-state index contributed by atoms with van der Waals surface area (Å²) in [6.45, 7) is 2.75. The number of amides is 1. The Kier molecular flexibility index (Phi) is 7.60. The fraction of sp³-hybridized carbons (Fsp3) is 0.692. The number of aromatic nitrogens is 2. The van der Waals surface area contributed by atoms with Crippen LogP contribution in [0.25, 0.3) is 0 Å². The molecule has 25 heavy (non-hydrogen) atoms. The molecule has 0 atom stereocenters. The third kappa shape index (κ3) is 6.77. The molecule has 0 spiro atoms. The van der Waals surface area contributed by atoms with Crippen molar-refractivity contribution in [3.63, 3.8) is 0 Å². The number of esters is 1. The van der Waals surface area contributed by atoms with Crippen molar-refractivity contribution in [2.24, 2.45) is 5.41 Å². The molecule has 1 rings (SSSR count). The molecule has 1 amide bonds. The first-order chi connectivity index (χ1) is 11.5. The van der Waals surface area contributed by atoms with Crippen LogP contribution in [0.4, 0.5) is 22.7 Å². The van der Waals surface area contributed by atoms with Crippen LogP contribution in [-0.2, 0) is 14.3 Å². The van der Waals surface area contributed by atoms with E-state index in [1.165, 1.54) is 25.6 Å². The molecule has 0 radical (unpaired) electrons. The Morgan fingerprint density at radius 2 is 1.96 bits per heavy atom. The SMILES string of the molecule is CCSc1nnc(NC(=O)CC(C)(C)C(=O)OCC(F)(F)C(F)F)s1. The average molecular weight is 403 g/mol. The molecule has 6 nitrogen and oxygen atoms in total. The van der Waals surface area contributed by atoms with Crippen LogP contribution in [0.15, 0.2) is 4.34 Å². The van der Waals surface area contributed by atoms with Gasteiger partial charge in [0, 0.05) is 6.42 Å². The van der Waals surface area contributed by atoms with Gasteiger partial charge >= 0.3 is 18.3 Å². The van der Waals surface area contributed by atoms with Gasteiger partial charge in [-0.2, -0.15) is 8.78 Å². The molecule has 1 heterocycles. The number of rotatable bonds is 9. The second-order valence-corrected chi connectivity index (χ2v) is 8.04. The Hall–Kier alpha value is -1.43. The number of carbonyl (C=O) groups excluding carboxylic acids is 2. The van der Waals surface area contributed by atoms with Crippen LogP contribution in [0.3, 0.4) is 0 Å². The number of halogens is 4. The molecular weight excluding hydrogens is 386 g/mol. The van der Waals surface area contributed by atoms with E-state index in [-0.39, 0.29) is 5.13 Å². The van der Waals surface area contributed by atoms with Crippen LogP contribution < -0.4 is 5.32 Å². The summed E-state index contributed by atoms with van der Waals surface area (Å²) >= 11 is 2.59. The Labute approximate surface area is 149 Å². The Morgan fingerprint density at radius 3 is 2.52 bits per heavy atom. The monoisotopic (exact) mass is 403 g/mol. The van der Waals surface area contributed by atoms with Crippen molar-refractivity contribution in [2.75, 3.05) is 17.7 Å². The molecule has 0 aliphatic heterocycles. The first-order valence-corrected chi connectivity index (χ1v) is 8.87. The third-order valence-corrected chi connectivity index (χ3v) is 4.64. The van der Waals surface area contributed by atoms with Crippen molar-refractivity contribution < 1.29 is 31.9 Å². The largest absolute Gasteiger partial charge is 0.459 e. The number of alkyl halides is 4. The number of nitrogens with one attached hydrogen (secondary N) is 1. The number of nitrogens with zero attached hydrogens (tertiary/aromatic N) is 2. The van der Waals surface area contributed by atoms with E-state index in [9.17, 15) is 27.2 Å². The van der Waals surface area contributed by atoms with E-state index >= 15 is 0 Å². The molecule has 0 saturated heterocycles. The lowest BCUT2D eigenvalue weighted by Crippen LogP contribution is -2.38. The smallest absolute Gasteiger partial charge is 0.340 e. The van der Waals surface area contributed by atoms with Gasteiger partial charge in [0.25, 0.3) is 0 Å². The van der Waals surface area contributed by atoms with Crippen molar-refractivity contribution in [1.82, 2.24) is 10.2 Å². The Balaban J connectivity index is 2.56. The van der Waals surface area contributed by atoms with Gasteiger partial charge in [0.2, 0.25) is 11.0 Å². The Morgan fingerprint density at radius 1 is 1.32 bits per heavy atom. The fourth-order valence-electron chi connectivity index (χ4n) is 1.50. The van der Waals surface area contributed by atoms with E-state index in [4.69, 9.17) is 0 Å². The highest BCUT2D eigenvalue weighted by molar-refractivity contribution is 8.01. The van der Waals surface area contributed by atoms with Crippen LogP contribution in [0.1, 0.15) is 27.2 Å². The van der Waals surface area contributed by atoms with E-state index in [0.717, 1.165) is 17.1 Å². The van der Waals surface area contributed by atoms with Gasteiger partial charge in [-0.1, -0.05) is 30.0 Å². The first-order valence-electron chi connectivity index (χ1n) is 7.07. The fourth-order valence-corrected chi connectivity index (χ4v) is 3.16. The highest BCUT2D eigenvalue weighted by atomic mass is 32.2. The zero-order valence-corrected chi connectivity index (χ0v) is 15.3. The van der Waals surface area contributed by atoms with Crippen LogP contribution in [0, 0.1) is 5.41 Å². The summed E-state index contributed by atoms with van der Waals surface area (Å²) < 4.78 is 54.6. The van der Waals surface area contributed by atoms with Gasteiger partial charge in [0.1, 0.15) is 0 Å². The predicted molar refractivity (Wildman–Crippen MR) is 85.2 cm³/mol. The van der Waals surface area contributed by atoms with Gasteiger partial charge in [0.15, 0.2) is 10.9 Å². The summed E-state index contributed by atoms with van der Waals surface area (Å²) in [6, 6.07) is 0. The number of thioether (sulfide) groups is 1. The Bertz CT molecular complexity index is 611. The van der Waals surface area contributed by atoms with E-state index in [2.05, 4.69) is 20.3 Å². The van der Waals surface area contributed by atoms with Crippen LogP contribution in [0.5, 0.6) is 0 Å². The maximum absolute atomic E-state index is 12.8. The highest BCUT2D eigenvalue weighted by Crippen LogP contribution is 2.29. The van der Waals surface area contributed by atoms with Crippen LogP contribution in [0.2, 0.25) is 0 Å². The molecule has 0 aliphatic rings. The number of ether oxygens (including phenoxy) is 1. The normalized spacial score (nSPS) is 12.3. The molecular formula is C13H17F4N3O3S2. The maximum atomic E-state index is 12.8. The summed E-state index contributed by atoms with van der Waals surface area (Å²) in [6.07, 6.45) is -4.35. The van der Waals surface area contributed by atoms with Gasteiger partial charge in [-0.05, 0) is 19.6 Å². The van der Waals surface area contributed by atoms with Gasteiger partial charge in [0.05, 0.1) is 5.41 Å². The van der Waals surface area contributed by atoms with Crippen molar-refractivity contribution >= 4 is 40.1 Å². The molecule has 0 saturated carbocycles. The number of hydrogen-bond donors (Lipinski definition) is 1. The molecule has 0 fully saturated rings. The average Bonchev–Trinajstić information content (AvgIpc) is 2.91. The van der Waals surface area contributed by atoms with Gasteiger partial charge < -0.3 is 10.1 Å². The molecule has 142 valence electrons. The highest BCUT2D eigenvalue weighted by Gasteiger charge is 2.43. The standard InChI is InChI=1S/C13H17F4N3O3S2/c1-4-24-11-20-19-10(25-11)18-7(21)5-12(2,3)9(22)23-6-13(16,17)8(14)15/h8H,4-6H2,1-3H3,(H,18,19,21). The number of anilines is 1. The summed E-state index contributed by atoms with van der Waals surface area (Å²) in [5.74, 6) is -5.44. The quantitative estimate of drug-likeness (QED) is 0.294. The molecule has 0 aliphatic carbocycles. The summed E-state index contributed by atoms with van der Waals surface area (Å²) in [5, 5.41) is 10.3. The molecule has 1 aromatic rings. The first kappa shape index (κ1) is 21.6. The maximum Gasteiger partial charge on any atom is 0.340 e. The number of carbonyl (C=O) groups is 2. The van der Waals surface area contributed by atoms with Crippen molar-refractivity contribution in [3.05, 3.63) is 0 Å². The zero-order chi connectivity index (χ0) is 19.3. The molecule has 0 unspecified atom stereocenters. The van der Waals surface area contributed by atoms with Gasteiger partial charge in [-0.15, -0.1) is 10.2 Å². The molecule has 1 N–H and O–H groups in total. The lowest BCUT2D eigenvalue weighted by molar-refractivity contribution is -0.186. The van der Waals surface area contributed by atoms with Crippen molar-refractivity contribution in [2.45, 2.75) is 43.9 Å². The van der Waals surface area contributed by atoms with E-state index in [1.54, 1.807) is 0 Å². The van der Waals surface area contributed by atoms with E-state index in [0.29, 0.717) is 4.34 Å². The summed E-state index contributed by atoms with van der Waals surface area (Å²) in [5.41, 5.74) is -1.48. The van der Waals surface area contributed by atoms with Crippen molar-refractivity contribution in [3.8, 4) is 0 Å². The topological polar surface area (TPSA) is 81.2 Å². The molecule has 0 aromatic carbocycles. The number of hydrogen-bond acceptors (Lipinski definition) is 7. The van der Waals surface area contributed by atoms with Gasteiger partial charge in [-0.3, -0.25) is 9.59 Å². The van der Waals surface area contributed by atoms with Gasteiger partial charge in [-0.25, -0.2) is 8.78 Å². The predicted octanol–water partition coefficient (Wildman–Crippen LogP) is 3.45. The second kappa shape index (κ2) is 8.79. The minimum atomic E-state index is -4.44. The zero-order valence-electron chi connectivity index (χ0n) is 13.6.